The molecular formula is C14H15N3O3. The molecule has 20 heavy (non-hydrogen) atoms. The molecule has 2 aromatic rings. The summed E-state index contributed by atoms with van der Waals surface area (Å²) in [4.78, 5) is 18.8. The van der Waals surface area contributed by atoms with Crippen molar-refractivity contribution in [2.45, 2.75) is 19.4 Å². The predicted octanol–water partition coefficient (Wildman–Crippen LogP) is 1.43. The van der Waals surface area contributed by atoms with Crippen LogP contribution in [0, 0.1) is 0 Å². The summed E-state index contributed by atoms with van der Waals surface area (Å²) in [6.07, 6.45) is 0.0741. The molecule has 0 saturated carbocycles. The van der Waals surface area contributed by atoms with Gasteiger partial charge < -0.3 is 20.2 Å². The molecule has 1 aliphatic rings. The highest BCUT2D eigenvalue weighted by Gasteiger charge is 2.25. The van der Waals surface area contributed by atoms with Crippen LogP contribution < -0.4 is 20.8 Å². The Labute approximate surface area is 115 Å². The third-order valence-corrected chi connectivity index (χ3v) is 3.23. The minimum absolute atomic E-state index is 0.225. The molecule has 0 amide bonds. The number of aromatic nitrogens is 2. The lowest BCUT2D eigenvalue weighted by Crippen LogP contribution is -2.28. The number of fused-ring (bicyclic) bond motifs is 1. The van der Waals surface area contributed by atoms with E-state index in [9.17, 15) is 4.79 Å². The molecule has 104 valence electrons. The van der Waals surface area contributed by atoms with Gasteiger partial charge in [0, 0.05) is 0 Å². The van der Waals surface area contributed by atoms with E-state index < -0.39 is 6.10 Å². The van der Waals surface area contributed by atoms with Crippen molar-refractivity contribution in [2.24, 2.45) is 0 Å². The molecule has 1 aromatic carbocycles. The highest BCUT2D eigenvalue weighted by atomic mass is 16.6. The summed E-state index contributed by atoms with van der Waals surface area (Å²) in [5.74, 6) is 1.95. The summed E-state index contributed by atoms with van der Waals surface area (Å²) in [5.41, 5.74) is 6.07. The summed E-state index contributed by atoms with van der Waals surface area (Å²) in [7, 11) is 0. The first kappa shape index (κ1) is 12.5. The van der Waals surface area contributed by atoms with Gasteiger partial charge in [0.25, 0.3) is 5.56 Å². The molecule has 2 heterocycles. The molecule has 0 bridgehead atoms. The Balaban J connectivity index is 1.94. The van der Waals surface area contributed by atoms with Crippen LogP contribution in [0.25, 0.3) is 0 Å². The van der Waals surface area contributed by atoms with Gasteiger partial charge in [-0.3, -0.25) is 4.79 Å². The van der Waals surface area contributed by atoms with E-state index in [2.05, 4.69) is 9.97 Å². The van der Waals surface area contributed by atoms with Gasteiger partial charge in [-0.15, -0.1) is 0 Å². The topological polar surface area (TPSA) is 90.2 Å². The Morgan fingerprint density at radius 2 is 2.15 bits per heavy atom. The van der Waals surface area contributed by atoms with Gasteiger partial charge in [-0.25, -0.2) is 4.98 Å². The molecule has 3 rings (SSSR count). The van der Waals surface area contributed by atoms with E-state index in [0.717, 1.165) is 0 Å². The molecule has 1 atom stereocenters. The minimum atomic E-state index is -0.467. The lowest BCUT2D eigenvalue weighted by Gasteiger charge is -2.25. The van der Waals surface area contributed by atoms with Crippen molar-refractivity contribution in [3.05, 3.63) is 46.0 Å². The summed E-state index contributed by atoms with van der Waals surface area (Å²) in [6.45, 7) is 2.14. The lowest BCUT2D eigenvalue weighted by atomic mass is 10.2. The number of nitrogens with zero attached hydrogens (tertiary/aromatic N) is 1. The van der Waals surface area contributed by atoms with Crippen molar-refractivity contribution in [1.82, 2.24) is 9.97 Å². The summed E-state index contributed by atoms with van der Waals surface area (Å²) >= 11 is 0. The third-order valence-electron chi connectivity index (χ3n) is 3.23. The van der Waals surface area contributed by atoms with Gasteiger partial charge in [0.2, 0.25) is 0 Å². The van der Waals surface area contributed by atoms with Crippen LogP contribution in [0.1, 0.15) is 24.4 Å². The number of nitrogens with one attached hydrogen (secondary N) is 1. The van der Waals surface area contributed by atoms with Gasteiger partial charge in [0.1, 0.15) is 12.4 Å². The average molecular weight is 273 g/mol. The second-order valence-corrected chi connectivity index (χ2v) is 4.53. The number of anilines is 1. The summed E-state index contributed by atoms with van der Waals surface area (Å²) < 4.78 is 11.4. The highest BCUT2D eigenvalue weighted by molar-refractivity contribution is 5.42. The Hall–Kier alpha value is -2.50. The Morgan fingerprint density at radius 1 is 1.40 bits per heavy atom. The Bertz CT molecular complexity index is 696. The van der Waals surface area contributed by atoms with E-state index in [-0.39, 0.29) is 18.0 Å². The number of benzene rings is 1. The number of nitrogen functional groups attached to an aromatic ring is 1. The highest BCUT2D eigenvalue weighted by Crippen LogP contribution is 2.34. The maximum absolute atomic E-state index is 11.9. The number of aromatic amines is 1. The first-order valence-electron chi connectivity index (χ1n) is 6.46. The van der Waals surface area contributed by atoms with Crippen LogP contribution in [0.3, 0.4) is 0 Å². The molecule has 6 nitrogen and oxygen atoms in total. The number of rotatable bonds is 2. The molecule has 1 aliphatic heterocycles. The minimum Gasteiger partial charge on any atom is -0.485 e. The second-order valence-electron chi connectivity index (χ2n) is 4.53. The fraction of sp³-hybridized carbons (Fsp3) is 0.286. The number of H-pyrrole nitrogens is 1. The zero-order valence-corrected chi connectivity index (χ0v) is 11.1. The van der Waals surface area contributed by atoms with E-state index in [4.69, 9.17) is 15.2 Å². The van der Waals surface area contributed by atoms with Gasteiger partial charge in [-0.05, 0) is 18.6 Å². The van der Waals surface area contributed by atoms with Crippen LogP contribution in [-0.2, 0) is 6.42 Å². The van der Waals surface area contributed by atoms with Crippen LogP contribution >= 0.6 is 0 Å². The second kappa shape index (κ2) is 4.88. The van der Waals surface area contributed by atoms with Crippen LogP contribution in [0.5, 0.6) is 11.5 Å². The van der Waals surface area contributed by atoms with Crippen molar-refractivity contribution in [2.75, 3.05) is 12.3 Å². The van der Waals surface area contributed by atoms with Crippen molar-refractivity contribution >= 4 is 5.82 Å². The van der Waals surface area contributed by atoms with E-state index in [1.165, 1.54) is 0 Å². The molecule has 0 saturated heterocycles. The predicted molar refractivity (Wildman–Crippen MR) is 74.0 cm³/mol. The molecule has 0 spiro atoms. The number of para-hydroxylation sites is 2. The van der Waals surface area contributed by atoms with Crippen molar-refractivity contribution in [1.29, 1.82) is 0 Å². The number of ether oxygens (including phenoxy) is 2. The maximum atomic E-state index is 11.9. The fourth-order valence-electron chi connectivity index (χ4n) is 2.18. The fourth-order valence-corrected chi connectivity index (χ4v) is 2.18. The van der Waals surface area contributed by atoms with E-state index >= 15 is 0 Å². The largest absolute Gasteiger partial charge is 0.485 e. The van der Waals surface area contributed by atoms with Gasteiger partial charge in [0.15, 0.2) is 23.4 Å². The van der Waals surface area contributed by atoms with Crippen LogP contribution in [0.15, 0.2) is 29.1 Å². The third kappa shape index (κ3) is 2.09. The Kier molecular flexibility index (Phi) is 3.06. The van der Waals surface area contributed by atoms with E-state index in [1.54, 1.807) is 0 Å². The molecule has 0 fully saturated rings. The monoisotopic (exact) mass is 273 g/mol. The molecule has 6 heteroatoms. The van der Waals surface area contributed by atoms with Crippen molar-refractivity contribution < 1.29 is 9.47 Å². The van der Waals surface area contributed by atoms with Gasteiger partial charge in [-0.2, -0.15) is 0 Å². The van der Waals surface area contributed by atoms with Gasteiger partial charge in [0.05, 0.1) is 5.56 Å². The van der Waals surface area contributed by atoms with E-state index in [0.29, 0.717) is 29.3 Å². The molecule has 1 unspecified atom stereocenters. The first-order chi connectivity index (χ1) is 9.69. The quantitative estimate of drug-likeness (QED) is 0.863. The van der Waals surface area contributed by atoms with Crippen molar-refractivity contribution in [3.63, 3.8) is 0 Å². The summed E-state index contributed by atoms with van der Waals surface area (Å²) in [6, 6.07) is 7.37. The van der Waals surface area contributed by atoms with E-state index in [1.807, 2.05) is 31.2 Å². The summed E-state index contributed by atoms with van der Waals surface area (Å²) in [5, 5.41) is 0. The number of hydrogen-bond donors (Lipinski definition) is 2. The molecule has 1 aromatic heterocycles. The first-order valence-corrected chi connectivity index (χ1v) is 6.46. The number of nitrogens with two attached hydrogens (primary N) is 1. The van der Waals surface area contributed by atoms with Gasteiger partial charge in [-0.1, -0.05) is 19.1 Å². The number of hydrogen-bond acceptors (Lipinski definition) is 5. The maximum Gasteiger partial charge on any atom is 0.256 e. The molecular weight excluding hydrogens is 258 g/mol. The molecule has 0 aliphatic carbocycles. The van der Waals surface area contributed by atoms with Crippen molar-refractivity contribution in [3.8, 4) is 11.5 Å². The zero-order valence-electron chi connectivity index (χ0n) is 11.1. The van der Waals surface area contributed by atoms with Crippen LogP contribution in [0.2, 0.25) is 0 Å². The molecule has 0 radical (unpaired) electrons. The lowest BCUT2D eigenvalue weighted by molar-refractivity contribution is 0.0849. The SMILES string of the molecule is CCc1c(N)nc(C2COc3ccccc3O2)[nH]c1=O. The zero-order chi connectivity index (χ0) is 14.1. The smallest absolute Gasteiger partial charge is 0.256 e. The normalized spacial score (nSPS) is 16.9. The Morgan fingerprint density at radius 3 is 2.85 bits per heavy atom. The van der Waals surface area contributed by atoms with Gasteiger partial charge >= 0.3 is 0 Å². The van der Waals surface area contributed by atoms with Crippen LogP contribution in [0.4, 0.5) is 5.82 Å². The average Bonchev–Trinajstić information content (AvgIpc) is 2.46. The molecule has 3 N–H and O–H groups in total. The van der Waals surface area contributed by atoms with Crippen LogP contribution in [-0.4, -0.2) is 16.6 Å². The standard InChI is InChI=1S/C14H15N3O3/c1-2-8-12(15)16-13(17-14(8)18)11-7-19-9-5-3-4-6-10(9)20-11/h3-6,11H,2,7H2,1H3,(H3,15,16,17,18).